The lowest BCUT2D eigenvalue weighted by Crippen LogP contribution is -2.45. The molecule has 0 bridgehead atoms. The number of rotatable bonds is 48. The highest BCUT2D eigenvalue weighted by Gasteiger charge is 2.23. The minimum Gasteiger partial charge on any atom is -0.756 e. The lowest BCUT2D eigenvalue weighted by atomic mass is 10.0. The van der Waals surface area contributed by atoms with E-state index < -0.39 is 26.6 Å². The molecule has 0 spiro atoms. The number of phosphoric ester groups is 1. The second kappa shape index (κ2) is 45.6. The molecule has 0 aromatic heterocycles. The summed E-state index contributed by atoms with van der Waals surface area (Å²) in [5.41, 5.74) is 0. The van der Waals surface area contributed by atoms with Crippen LogP contribution in [0.3, 0.4) is 0 Å². The fourth-order valence-corrected chi connectivity index (χ4v) is 8.28. The zero-order valence-corrected chi connectivity index (χ0v) is 42.9. The number of nitrogens with zero attached hydrogens (tertiary/aromatic N) is 1. The van der Waals surface area contributed by atoms with Crippen LogP contribution in [0.15, 0.2) is 48.6 Å². The van der Waals surface area contributed by atoms with Crippen LogP contribution in [0, 0.1) is 0 Å². The Labute approximate surface area is 390 Å². The molecular weight excluding hydrogens is 804 g/mol. The minimum absolute atomic E-state index is 0.00894. The maximum atomic E-state index is 12.9. The molecule has 0 aliphatic rings. The van der Waals surface area contributed by atoms with Crippen LogP contribution in [0.1, 0.15) is 239 Å². The topological polar surface area (TPSA) is 108 Å². The summed E-state index contributed by atoms with van der Waals surface area (Å²) in [6.07, 6.45) is 58.9. The van der Waals surface area contributed by atoms with Gasteiger partial charge in [-0.2, -0.15) is 0 Å². The molecule has 2 N–H and O–H groups in total. The van der Waals surface area contributed by atoms with E-state index in [4.69, 9.17) is 9.05 Å². The summed E-state index contributed by atoms with van der Waals surface area (Å²) in [5.74, 6) is -0.214. The Morgan fingerprint density at radius 2 is 0.937 bits per heavy atom. The van der Waals surface area contributed by atoms with Gasteiger partial charge in [-0.15, -0.1) is 0 Å². The summed E-state index contributed by atoms with van der Waals surface area (Å²) in [7, 11) is 1.24. The number of hydrogen-bond acceptors (Lipinski definition) is 6. The van der Waals surface area contributed by atoms with E-state index in [9.17, 15) is 19.4 Å². The molecule has 0 radical (unpaired) electrons. The normalized spacial score (nSPS) is 14.5. The standard InChI is InChI=1S/C54H103N2O6P/c1-6-8-10-12-14-16-18-20-22-24-26-27-28-29-30-32-34-36-38-40-42-44-46-48-54(58)55-52(51-62-63(59,60)61-50-49-56(3,4)5)53(57)47-45-43-41-39-37-35-33-31-25-23-21-19-17-15-13-11-9-7-2/h26-27,29-30,37,39,45,47,52-53,57H,6-25,28,31-36,38,40-44,46,48-51H2,1-5H3,(H-,55,58,59,60)/b27-26-,30-29-,39-37+,47-45+. The van der Waals surface area contributed by atoms with Crippen LogP contribution >= 0.6 is 7.82 Å². The molecule has 370 valence electrons. The maximum Gasteiger partial charge on any atom is 0.268 e. The number of allylic oxidation sites excluding steroid dienone is 7. The van der Waals surface area contributed by atoms with Crippen LogP contribution in [0.2, 0.25) is 0 Å². The first-order valence-corrected chi connectivity index (χ1v) is 28.0. The molecule has 0 aromatic rings. The van der Waals surface area contributed by atoms with Gasteiger partial charge in [-0.05, 0) is 64.2 Å². The molecule has 0 fully saturated rings. The zero-order valence-electron chi connectivity index (χ0n) is 42.0. The van der Waals surface area contributed by atoms with Gasteiger partial charge < -0.3 is 28.8 Å². The van der Waals surface area contributed by atoms with Gasteiger partial charge in [0.2, 0.25) is 5.91 Å². The predicted octanol–water partition coefficient (Wildman–Crippen LogP) is 15.0. The molecule has 3 unspecified atom stereocenters. The van der Waals surface area contributed by atoms with Gasteiger partial charge in [-0.25, -0.2) is 0 Å². The molecule has 0 saturated heterocycles. The molecule has 0 aromatic carbocycles. The number of hydrogen-bond donors (Lipinski definition) is 2. The minimum atomic E-state index is -4.60. The van der Waals surface area contributed by atoms with Gasteiger partial charge in [-0.3, -0.25) is 9.36 Å². The van der Waals surface area contributed by atoms with E-state index in [-0.39, 0.29) is 12.5 Å². The van der Waals surface area contributed by atoms with Crippen molar-refractivity contribution in [3.8, 4) is 0 Å². The van der Waals surface area contributed by atoms with Crippen LogP contribution in [0.4, 0.5) is 0 Å². The molecule has 3 atom stereocenters. The fourth-order valence-electron chi connectivity index (χ4n) is 7.55. The molecule has 8 nitrogen and oxygen atoms in total. The van der Waals surface area contributed by atoms with Gasteiger partial charge >= 0.3 is 0 Å². The van der Waals surface area contributed by atoms with E-state index in [1.165, 1.54) is 161 Å². The monoisotopic (exact) mass is 907 g/mol. The van der Waals surface area contributed by atoms with Crippen LogP contribution in [0.25, 0.3) is 0 Å². The van der Waals surface area contributed by atoms with E-state index in [1.807, 2.05) is 27.2 Å². The summed E-state index contributed by atoms with van der Waals surface area (Å²) in [6.45, 7) is 4.63. The first kappa shape index (κ1) is 61.5. The molecule has 0 saturated carbocycles. The number of amides is 1. The lowest BCUT2D eigenvalue weighted by molar-refractivity contribution is -0.870. The second-order valence-corrected chi connectivity index (χ2v) is 20.6. The highest BCUT2D eigenvalue weighted by Crippen LogP contribution is 2.38. The van der Waals surface area contributed by atoms with E-state index in [0.717, 1.165) is 57.8 Å². The van der Waals surface area contributed by atoms with Gasteiger partial charge in [0.05, 0.1) is 39.9 Å². The summed E-state index contributed by atoms with van der Waals surface area (Å²) in [4.78, 5) is 25.4. The van der Waals surface area contributed by atoms with Gasteiger partial charge in [0, 0.05) is 6.42 Å². The summed E-state index contributed by atoms with van der Waals surface area (Å²) in [5, 5.41) is 13.8. The largest absolute Gasteiger partial charge is 0.756 e. The van der Waals surface area contributed by atoms with Crippen molar-refractivity contribution in [2.24, 2.45) is 0 Å². The number of carbonyl (C=O) groups excluding carboxylic acids is 1. The molecule has 0 aliphatic carbocycles. The molecule has 0 rings (SSSR count). The predicted molar refractivity (Wildman–Crippen MR) is 270 cm³/mol. The first-order chi connectivity index (χ1) is 30.5. The van der Waals surface area contributed by atoms with Gasteiger partial charge in [0.25, 0.3) is 7.82 Å². The van der Waals surface area contributed by atoms with Crippen molar-refractivity contribution in [2.75, 3.05) is 40.9 Å². The SMILES string of the molecule is CCCCCCCCCCC/C=C\C/C=C\CCCCCCCCCC(=O)NC(COP(=O)([O-])OCC[N+](C)(C)C)C(O)/C=C/CC/C=C/CCCCCCCCCCCCCC. The number of aliphatic hydroxyl groups excluding tert-OH is 1. The second-order valence-electron chi connectivity index (χ2n) is 19.2. The number of aliphatic hydroxyl groups is 1. The summed E-state index contributed by atoms with van der Waals surface area (Å²) >= 11 is 0. The molecule has 63 heavy (non-hydrogen) atoms. The maximum absolute atomic E-state index is 12.9. The number of phosphoric acid groups is 1. The Balaban J connectivity index is 4.34. The molecule has 0 heterocycles. The Morgan fingerprint density at radius 1 is 0.556 bits per heavy atom. The first-order valence-electron chi connectivity index (χ1n) is 26.5. The van der Waals surface area contributed by atoms with Crippen molar-refractivity contribution < 1.29 is 32.9 Å². The number of likely N-dealkylation sites (N-methyl/N-ethyl adjacent to an activating group) is 1. The van der Waals surface area contributed by atoms with Crippen LogP contribution < -0.4 is 10.2 Å². The third-order valence-corrected chi connectivity index (χ3v) is 12.7. The highest BCUT2D eigenvalue weighted by atomic mass is 31.2. The zero-order chi connectivity index (χ0) is 46.4. The van der Waals surface area contributed by atoms with E-state index in [2.05, 4.69) is 55.6 Å². The Hall–Kier alpha value is -1.54. The van der Waals surface area contributed by atoms with E-state index in [1.54, 1.807) is 6.08 Å². The van der Waals surface area contributed by atoms with Crippen LogP contribution in [-0.4, -0.2) is 68.5 Å². The van der Waals surface area contributed by atoms with Crippen molar-refractivity contribution >= 4 is 13.7 Å². The molecule has 9 heteroatoms. The van der Waals surface area contributed by atoms with Crippen molar-refractivity contribution in [1.82, 2.24) is 5.32 Å². The van der Waals surface area contributed by atoms with Gasteiger partial charge in [-0.1, -0.05) is 217 Å². The number of nitrogens with one attached hydrogen (secondary N) is 1. The third-order valence-electron chi connectivity index (χ3n) is 11.8. The molecular formula is C54H103N2O6P. The molecule has 1 amide bonds. The third kappa shape index (κ3) is 48.2. The smallest absolute Gasteiger partial charge is 0.268 e. The quantitative estimate of drug-likeness (QED) is 0.0272. The Morgan fingerprint density at radius 3 is 1.38 bits per heavy atom. The number of carbonyl (C=O) groups is 1. The van der Waals surface area contributed by atoms with Gasteiger partial charge in [0.15, 0.2) is 0 Å². The van der Waals surface area contributed by atoms with Crippen molar-refractivity contribution in [2.45, 2.75) is 251 Å². The highest BCUT2D eigenvalue weighted by molar-refractivity contribution is 7.45. The van der Waals surface area contributed by atoms with E-state index >= 15 is 0 Å². The Kier molecular flexibility index (Phi) is 44.5. The lowest BCUT2D eigenvalue weighted by Gasteiger charge is -2.29. The van der Waals surface area contributed by atoms with Crippen LogP contribution in [0.5, 0.6) is 0 Å². The van der Waals surface area contributed by atoms with Crippen molar-refractivity contribution in [3.05, 3.63) is 48.6 Å². The van der Waals surface area contributed by atoms with Gasteiger partial charge in [0.1, 0.15) is 13.2 Å². The average molecular weight is 907 g/mol. The molecule has 0 aliphatic heterocycles. The number of quaternary nitrogens is 1. The Bertz CT molecular complexity index is 1170. The van der Waals surface area contributed by atoms with Crippen molar-refractivity contribution in [3.63, 3.8) is 0 Å². The fraction of sp³-hybridized carbons (Fsp3) is 0.833. The summed E-state index contributed by atoms with van der Waals surface area (Å²) in [6, 6.07) is -0.908. The number of unbranched alkanes of at least 4 members (excludes halogenated alkanes) is 29. The van der Waals surface area contributed by atoms with E-state index in [0.29, 0.717) is 17.4 Å². The van der Waals surface area contributed by atoms with Crippen LogP contribution in [-0.2, 0) is 18.4 Å². The van der Waals surface area contributed by atoms with Crippen molar-refractivity contribution in [1.29, 1.82) is 0 Å². The average Bonchev–Trinajstić information content (AvgIpc) is 3.24. The summed E-state index contributed by atoms with van der Waals surface area (Å²) < 4.78 is 23.3.